The Hall–Kier alpha value is -3.42. The second-order valence-corrected chi connectivity index (χ2v) is 6.41. The third kappa shape index (κ3) is 2.88. The van der Waals surface area contributed by atoms with E-state index >= 15 is 0 Å². The lowest BCUT2D eigenvalue weighted by Crippen LogP contribution is -2.39. The maximum Gasteiger partial charge on any atom is 0.248 e. The van der Waals surface area contributed by atoms with Crippen LogP contribution in [0.3, 0.4) is 0 Å². The van der Waals surface area contributed by atoms with E-state index in [1.165, 1.54) is 6.33 Å². The van der Waals surface area contributed by atoms with Gasteiger partial charge in [0.25, 0.3) is 0 Å². The van der Waals surface area contributed by atoms with E-state index in [0.717, 1.165) is 5.69 Å². The lowest BCUT2D eigenvalue weighted by atomic mass is 9.90. The smallest absolute Gasteiger partial charge is 0.248 e. The molecule has 0 radical (unpaired) electrons. The zero-order valence-electron chi connectivity index (χ0n) is 15.3. The monoisotopic (exact) mass is 364 g/mol. The number of ether oxygens (including phenoxy) is 1. The largest absolute Gasteiger partial charge is 0.495 e. The highest BCUT2D eigenvalue weighted by molar-refractivity contribution is 6.10. The zero-order chi connectivity index (χ0) is 19.0. The number of hydrogen-bond donors (Lipinski definition) is 1. The van der Waals surface area contributed by atoms with Crippen LogP contribution in [0.4, 0.5) is 11.6 Å². The molecular weight excluding hydrogens is 344 g/mol. The van der Waals surface area contributed by atoms with Crippen LogP contribution < -0.4 is 10.1 Å². The Balaban J connectivity index is 1.75. The van der Waals surface area contributed by atoms with E-state index in [-0.39, 0.29) is 11.9 Å². The molecule has 8 heteroatoms. The zero-order valence-corrected chi connectivity index (χ0v) is 15.3. The molecule has 2 atom stereocenters. The van der Waals surface area contributed by atoms with Gasteiger partial charge in [-0.1, -0.05) is 12.1 Å². The van der Waals surface area contributed by atoms with E-state index in [2.05, 4.69) is 20.4 Å². The number of carbonyl (C=O) groups is 1. The summed E-state index contributed by atoms with van der Waals surface area (Å²) in [4.78, 5) is 22.0. The SMILES string of the molecule is COc1ccccc1NC(=O)C1C(C)=Nc2ncnn2C1c1cccn1C. The molecule has 0 bridgehead atoms. The lowest BCUT2D eigenvalue weighted by Gasteiger charge is -2.30. The van der Waals surface area contributed by atoms with Crippen molar-refractivity contribution in [1.82, 2.24) is 19.3 Å². The number of aromatic nitrogens is 4. The highest BCUT2D eigenvalue weighted by Crippen LogP contribution is 2.36. The molecule has 4 rings (SSSR count). The number of nitrogens with zero attached hydrogens (tertiary/aromatic N) is 5. The fraction of sp³-hybridized carbons (Fsp3) is 0.263. The summed E-state index contributed by atoms with van der Waals surface area (Å²) >= 11 is 0. The molecule has 0 saturated carbocycles. The standard InChI is InChI=1S/C19H20N6O2/c1-12-16(18(26)23-13-7-4-5-9-15(13)27-3)17(14-8-6-10-24(14)2)25-19(22-12)20-11-21-25/h4-11,16-17H,1-3H3,(H,23,26). The van der Waals surface area contributed by atoms with Crippen molar-refractivity contribution >= 4 is 23.3 Å². The summed E-state index contributed by atoms with van der Waals surface area (Å²) in [5.41, 5.74) is 2.26. The molecule has 3 aromatic rings. The van der Waals surface area contributed by atoms with Crippen molar-refractivity contribution in [2.75, 3.05) is 12.4 Å². The topological polar surface area (TPSA) is 86.3 Å². The minimum atomic E-state index is -0.530. The number of para-hydroxylation sites is 2. The van der Waals surface area contributed by atoms with Crippen LogP contribution in [0.25, 0.3) is 0 Å². The van der Waals surface area contributed by atoms with E-state index in [1.807, 2.05) is 61.1 Å². The molecule has 1 aromatic carbocycles. The quantitative estimate of drug-likeness (QED) is 0.771. The fourth-order valence-corrected chi connectivity index (χ4v) is 3.49. The second-order valence-electron chi connectivity index (χ2n) is 6.41. The van der Waals surface area contributed by atoms with Crippen LogP contribution in [-0.2, 0) is 11.8 Å². The molecule has 1 aliphatic rings. The highest BCUT2D eigenvalue weighted by atomic mass is 16.5. The number of rotatable bonds is 4. The van der Waals surface area contributed by atoms with Gasteiger partial charge in [0.1, 0.15) is 24.0 Å². The van der Waals surface area contributed by atoms with Crippen molar-refractivity contribution in [2.24, 2.45) is 18.0 Å². The second kappa shape index (κ2) is 6.71. The van der Waals surface area contributed by atoms with Gasteiger partial charge in [0.05, 0.1) is 12.8 Å². The number of benzene rings is 1. The molecule has 0 aliphatic carbocycles. The summed E-state index contributed by atoms with van der Waals surface area (Å²) in [7, 11) is 3.52. The Kier molecular flexibility index (Phi) is 4.23. The van der Waals surface area contributed by atoms with Crippen LogP contribution in [0, 0.1) is 5.92 Å². The number of aliphatic imine (C=N–C) groups is 1. The average molecular weight is 364 g/mol. The van der Waals surface area contributed by atoms with Crippen LogP contribution in [-0.4, -0.2) is 38.1 Å². The van der Waals surface area contributed by atoms with Gasteiger partial charge in [0.15, 0.2) is 0 Å². The number of aryl methyl sites for hydroxylation is 1. The number of nitrogens with one attached hydrogen (secondary N) is 1. The Bertz CT molecular complexity index is 1020. The van der Waals surface area contributed by atoms with Gasteiger partial charge < -0.3 is 14.6 Å². The van der Waals surface area contributed by atoms with Crippen molar-refractivity contribution in [1.29, 1.82) is 0 Å². The normalized spacial score (nSPS) is 18.6. The van der Waals surface area contributed by atoms with E-state index in [1.54, 1.807) is 11.8 Å². The van der Waals surface area contributed by atoms with Crippen molar-refractivity contribution in [3.63, 3.8) is 0 Å². The predicted octanol–water partition coefficient (Wildman–Crippen LogP) is 2.58. The average Bonchev–Trinajstić information content (AvgIpc) is 3.29. The van der Waals surface area contributed by atoms with E-state index in [4.69, 9.17) is 4.74 Å². The highest BCUT2D eigenvalue weighted by Gasteiger charge is 2.40. The molecule has 2 unspecified atom stereocenters. The molecule has 1 aliphatic heterocycles. The summed E-state index contributed by atoms with van der Waals surface area (Å²) in [5.74, 6) is 0.402. The first kappa shape index (κ1) is 17.0. The van der Waals surface area contributed by atoms with Gasteiger partial charge >= 0.3 is 0 Å². The van der Waals surface area contributed by atoms with Crippen LogP contribution in [0.5, 0.6) is 5.75 Å². The minimum absolute atomic E-state index is 0.173. The maximum absolute atomic E-state index is 13.3. The number of anilines is 1. The van der Waals surface area contributed by atoms with Gasteiger partial charge in [-0.05, 0) is 31.2 Å². The fourth-order valence-electron chi connectivity index (χ4n) is 3.49. The van der Waals surface area contributed by atoms with E-state index < -0.39 is 5.92 Å². The minimum Gasteiger partial charge on any atom is -0.495 e. The molecule has 2 aromatic heterocycles. The van der Waals surface area contributed by atoms with Crippen LogP contribution >= 0.6 is 0 Å². The molecule has 3 heterocycles. The Labute approximate surface area is 156 Å². The van der Waals surface area contributed by atoms with Gasteiger partial charge in [-0.2, -0.15) is 10.1 Å². The number of methoxy groups -OCH3 is 1. The first-order valence-electron chi connectivity index (χ1n) is 8.60. The first-order chi connectivity index (χ1) is 13.1. The van der Waals surface area contributed by atoms with Crippen LogP contribution in [0.1, 0.15) is 18.7 Å². The van der Waals surface area contributed by atoms with E-state index in [0.29, 0.717) is 23.1 Å². The molecule has 8 nitrogen and oxygen atoms in total. The van der Waals surface area contributed by atoms with Crippen molar-refractivity contribution in [3.05, 3.63) is 54.6 Å². The third-order valence-electron chi connectivity index (χ3n) is 4.79. The van der Waals surface area contributed by atoms with Gasteiger partial charge in [-0.15, -0.1) is 0 Å². The third-order valence-corrected chi connectivity index (χ3v) is 4.79. The number of amides is 1. The van der Waals surface area contributed by atoms with Gasteiger partial charge in [0, 0.05) is 24.7 Å². The van der Waals surface area contributed by atoms with Gasteiger partial charge in [-0.3, -0.25) is 4.79 Å². The predicted molar refractivity (Wildman–Crippen MR) is 101 cm³/mol. The molecule has 1 amide bonds. The molecule has 0 fully saturated rings. The Morgan fingerprint density at radius 1 is 1.22 bits per heavy atom. The van der Waals surface area contributed by atoms with Crippen molar-refractivity contribution in [2.45, 2.75) is 13.0 Å². The lowest BCUT2D eigenvalue weighted by molar-refractivity contribution is -0.118. The summed E-state index contributed by atoms with van der Waals surface area (Å²) in [6.07, 6.45) is 3.41. The molecule has 0 saturated heterocycles. The van der Waals surface area contributed by atoms with Gasteiger partial charge in [0.2, 0.25) is 11.9 Å². The molecule has 0 spiro atoms. The van der Waals surface area contributed by atoms with Crippen LogP contribution in [0.2, 0.25) is 0 Å². The molecule has 138 valence electrons. The molecule has 27 heavy (non-hydrogen) atoms. The number of carbonyl (C=O) groups excluding carboxylic acids is 1. The van der Waals surface area contributed by atoms with Crippen LogP contribution in [0.15, 0.2) is 53.9 Å². The summed E-state index contributed by atoms with van der Waals surface area (Å²) in [6, 6.07) is 10.9. The maximum atomic E-state index is 13.3. The van der Waals surface area contributed by atoms with E-state index in [9.17, 15) is 4.79 Å². The Morgan fingerprint density at radius 3 is 2.78 bits per heavy atom. The summed E-state index contributed by atoms with van der Waals surface area (Å²) < 4.78 is 9.03. The van der Waals surface area contributed by atoms with Gasteiger partial charge in [-0.25, -0.2) is 9.67 Å². The molecular formula is C19H20N6O2. The number of fused-ring (bicyclic) bond motifs is 1. The molecule has 1 N–H and O–H groups in total. The van der Waals surface area contributed by atoms with Crippen molar-refractivity contribution in [3.8, 4) is 5.75 Å². The summed E-state index contributed by atoms with van der Waals surface area (Å²) in [5, 5.41) is 7.30. The first-order valence-corrected chi connectivity index (χ1v) is 8.60. The van der Waals surface area contributed by atoms with Crippen molar-refractivity contribution < 1.29 is 9.53 Å². The summed E-state index contributed by atoms with van der Waals surface area (Å²) in [6.45, 7) is 1.85. The Morgan fingerprint density at radius 2 is 2.04 bits per heavy atom. The number of hydrogen-bond acceptors (Lipinski definition) is 5.